The van der Waals surface area contributed by atoms with Gasteiger partial charge in [0, 0.05) is 11.6 Å². The Balaban J connectivity index is 1.75. The minimum Gasteiger partial charge on any atom is -0.492 e. The molecule has 1 atom stereocenters. The van der Waals surface area contributed by atoms with Crippen molar-refractivity contribution >= 4 is 23.3 Å². The van der Waals surface area contributed by atoms with Crippen molar-refractivity contribution in [3.63, 3.8) is 0 Å². The van der Waals surface area contributed by atoms with Gasteiger partial charge in [-0.2, -0.15) is 0 Å². The van der Waals surface area contributed by atoms with Gasteiger partial charge in [0.2, 0.25) is 5.91 Å². The molecule has 1 N–H and O–H groups in total. The molecule has 0 unspecified atom stereocenters. The van der Waals surface area contributed by atoms with Gasteiger partial charge in [-0.3, -0.25) is 14.5 Å². The first-order valence-electron chi connectivity index (χ1n) is 8.84. The van der Waals surface area contributed by atoms with Gasteiger partial charge < -0.3 is 10.1 Å². The average Bonchev–Trinajstić information content (AvgIpc) is 2.63. The lowest BCUT2D eigenvalue weighted by Crippen LogP contribution is -2.45. The number of nitrogens with zero attached hydrogens (tertiary/aromatic N) is 1. The zero-order valence-electron chi connectivity index (χ0n) is 15.7. The van der Waals surface area contributed by atoms with Crippen molar-refractivity contribution in [2.75, 3.05) is 26.7 Å². The van der Waals surface area contributed by atoms with Crippen molar-refractivity contribution in [1.29, 1.82) is 0 Å². The van der Waals surface area contributed by atoms with Crippen LogP contribution in [0.1, 0.15) is 12.5 Å². The molecule has 0 spiro atoms. The van der Waals surface area contributed by atoms with E-state index < -0.39 is 6.04 Å². The first kappa shape index (κ1) is 20.9. The molecule has 0 fully saturated rings. The van der Waals surface area contributed by atoms with Crippen molar-refractivity contribution in [2.24, 2.45) is 0 Å². The zero-order valence-corrected chi connectivity index (χ0v) is 16.4. The molecule has 27 heavy (non-hydrogen) atoms. The SMILES string of the molecule is CC(=O)[C@@H](Cc1ccccc1)NC(=O)CN(C)CCOc1ccc(Cl)cc1. The van der Waals surface area contributed by atoms with Crippen LogP contribution in [0.2, 0.25) is 5.02 Å². The Kier molecular flexibility index (Phi) is 8.30. The van der Waals surface area contributed by atoms with Crippen LogP contribution in [0.15, 0.2) is 54.6 Å². The van der Waals surface area contributed by atoms with Crippen molar-refractivity contribution in [3.8, 4) is 5.75 Å². The molecule has 0 bridgehead atoms. The Morgan fingerprint density at radius 2 is 1.78 bits per heavy atom. The van der Waals surface area contributed by atoms with Gasteiger partial charge in [0.25, 0.3) is 0 Å². The van der Waals surface area contributed by atoms with Crippen LogP contribution in [-0.2, 0) is 16.0 Å². The molecule has 6 heteroatoms. The lowest BCUT2D eigenvalue weighted by Gasteiger charge is -2.20. The van der Waals surface area contributed by atoms with Crippen molar-refractivity contribution in [1.82, 2.24) is 10.2 Å². The van der Waals surface area contributed by atoms with Crippen LogP contribution >= 0.6 is 11.6 Å². The standard InChI is InChI=1S/C21H25ClN2O3/c1-16(25)20(14-17-6-4-3-5-7-17)23-21(26)15-24(2)12-13-27-19-10-8-18(22)9-11-19/h3-11,20H,12-15H2,1-2H3,(H,23,26)/t20-/m1/s1. The summed E-state index contributed by atoms with van der Waals surface area (Å²) in [6, 6.07) is 16.3. The fourth-order valence-corrected chi connectivity index (χ4v) is 2.69. The van der Waals surface area contributed by atoms with E-state index in [0.717, 1.165) is 11.3 Å². The van der Waals surface area contributed by atoms with Gasteiger partial charge >= 0.3 is 0 Å². The number of ether oxygens (including phenoxy) is 1. The molecular weight excluding hydrogens is 364 g/mol. The van der Waals surface area contributed by atoms with Crippen LogP contribution in [0.3, 0.4) is 0 Å². The number of carbonyl (C=O) groups excluding carboxylic acids is 2. The number of rotatable bonds is 10. The Bertz CT molecular complexity index is 735. The summed E-state index contributed by atoms with van der Waals surface area (Å²) in [5, 5.41) is 3.48. The van der Waals surface area contributed by atoms with Gasteiger partial charge in [0.1, 0.15) is 12.4 Å². The number of carbonyl (C=O) groups is 2. The fraction of sp³-hybridized carbons (Fsp3) is 0.333. The average molecular weight is 389 g/mol. The molecule has 0 radical (unpaired) electrons. The normalized spacial score (nSPS) is 11.9. The van der Waals surface area contributed by atoms with Gasteiger partial charge in [0.15, 0.2) is 5.78 Å². The van der Waals surface area contributed by atoms with Crippen molar-refractivity contribution in [3.05, 3.63) is 65.2 Å². The second kappa shape index (κ2) is 10.7. The molecule has 0 aliphatic heterocycles. The predicted molar refractivity (Wildman–Crippen MR) is 107 cm³/mol. The first-order chi connectivity index (χ1) is 12.9. The topological polar surface area (TPSA) is 58.6 Å². The molecule has 2 aromatic carbocycles. The van der Waals surface area contributed by atoms with E-state index in [4.69, 9.17) is 16.3 Å². The quantitative estimate of drug-likeness (QED) is 0.679. The third-order valence-corrected chi connectivity index (χ3v) is 4.33. The number of amides is 1. The second-order valence-electron chi connectivity index (χ2n) is 6.46. The maximum atomic E-state index is 12.3. The summed E-state index contributed by atoms with van der Waals surface area (Å²) in [5.74, 6) is 0.498. The van der Waals surface area contributed by atoms with E-state index in [2.05, 4.69) is 5.32 Å². The molecule has 2 aromatic rings. The smallest absolute Gasteiger partial charge is 0.234 e. The van der Waals surface area contributed by atoms with E-state index in [1.54, 1.807) is 24.3 Å². The third-order valence-electron chi connectivity index (χ3n) is 4.08. The molecule has 0 saturated carbocycles. The predicted octanol–water partition coefficient (Wildman–Crippen LogP) is 2.97. The lowest BCUT2D eigenvalue weighted by molar-refractivity contribution is -0.127. The minimum atomic E-state index is -0.515. The summed E-state index contributed by atoms with van der Waals surface area (Å²) in [4.78, 5) is 26.0. The molecule has 5 nitrogen and oxygen atoms in total. The molecule has 0 aliphatic carbocycles. The van der Waals surface area contributed by atoms with Crippen LogP contribution < -0.4 is 10.1 Å². The largest absolute Gasteiger partial charge is 0.492 e. The van der Waals surface area contributed by atoms with Crippen LogP contribution in [0.25, 0.3) is 0 Å². The van der Waals surface area contributed by atoms with Crippen LogP contribution in [-0.4, -0.2) is 49.4 Å². The Labute approximate surface area is 165 Å². The molecule has 0 aliphatic rings. The molecule has 1 amide bonds. The second-order valence-corrected chi connectivity index (χ2v) is 6.90. The highest BCUT2D eigenvalue weighted by Gasteiger charge is 2.18. The van der Waals surface area contributed by atoms with Crippen molar-refractivity contribution in [2.45, 2.75) is 19.4 Å². The number of hydrogen-bond acceptors (Lipinski definition) is 4. The van der Waals surface area contributed by atoms with Crippen molar-refractivity contribution < 1.29 is 14.3 Å². The highest BCUT2D eigenvalue weighted by atomic mass is 35.5. The maximum absolute atomic E-state index is 12.3. The number of nitrogens with one attached hydrogen (secondary N) is 1. The lowest BCUT2D eigenvalue weighted by atomic mass is 10.0. The molecule has 2 rings (SSSR count). The van der Waals surface area contributed by atoms with Gasteiger partial charge in [-0.1, -0.05) is 41.9 Å². The number of hydrogen-bond donors (Lipinski definition) is 1. The van der Waals surface area contributed by atoms with Gasteiger partial charge in [-0.15, -0.1) is 0 Å². The maximum Gasteiger partial charge on any atom is 0.234 e. The highest BCUT2D eigenvalue weighted by molar-refractivity contribution is 6.30. The molecule has 0 heterocycles. The van der Waals surface area contributed by atoms with E-state index in [0.29, 0.717) is 24.6 Å². The van der Waals surface area contributed by atoms with E-state index in [1.807, 2.05) is 42.3 Å². The summed E-state index contributed by atoms with van der Waals surface area (Å²) in [5.41, 5.74) is 1.02. The molecule has 0 saturated heterocycles. The number of ketones is 1. The zero-order chi connectivity index (χ0) is 19.6. The van der Waals surface area contributed by atoms with Gasteiger partial charge in [-0.05, 0) is 50.2 Å². The fourth-order valence-electron chi connectivity index (χ4n) is 2.56. The summed E-state index contributed by atoms with van der Waals surface area (Å²) in [6.45, 7) is 2.73. The highest BCUT2D eigenvalue weighted by Crippen LogP contribution is 2.15. The van der Waals surface area contributed by atoms with Crippen LogP contribution in [0.5, 0.6) is 5.75 Å². The first-order valence-corrected chi connectivity index (χ1v) is 9.22. The molecular formula is C21H25ClN2O3. The number of likely N-dealkylation sites (N-methyl/N-ethyl adjacent to an activating group) is 1. The number of halogens is 1. The Hall–Kier alpha value is -2.37. The van der Waals surface area contributed by atoms with E-state index in [-0.39, 0.29) is 18.2 Å². The Morgan fingerprint density at radius 1 is 1.11 bits per heavy atom. The molecule has 144 valence electrons. The summed E-state index contributed by atoms with van der Waals surface area (Å²) >= 11 is 5.84. The number of benzene rings is 2. The van der Waals surface area contributed by atoms with Gasteiger partial charge in [-0.25, -0.2) is 0 Å². The van der Waals surface area contributed by atoms with E-state index >= 15 is 0 Å². The summed E-state index contributed by atoms with van der Waals surface area (Å²) in [7, 11) is 1.84. The minimum absolute atomic E-state index is 0.0547. The monoisotopic (exact) mass is 388 g/mol. The van der Waals surface area contributed by atoms with E-state index in [9.17, 15) is 9.59 Å². The van der Waals surface area contributed by atoms with Gasteiger partial charge in [0.05, 0.1) is 12.6 Å². The summed E-state index contributed by atoms with van der Waals surface area (Å²) in [6.07, 6.45) is 0.491. The van der Waals surface area contributed by atoms with Crippen LogP contribution in [0.4, 0.5) is 0 Å². The molecule has 0 aromatic heterocycles. The van der Waals surface area contributed by atoms with Crippen LogP contribution in [0, 0.1) is 0 Å². The Morgan fingerprint density at radius 3 is 2.41 bits per heavy atom. The van der Waals surface area contributed by atoms with E-state index in [1.165, 1.54) is 6.92 Å². The third kappa shape index (κ3) is 7.81. The number of Topliss-reactive ketones (excluding diaryl/α,β-unsaturated/α-hetero) is 1. The summed E-state index contributed by atoms with van der Waals surface area (Å²) < 4.78 is 5.63.